The van der Waals surface area contributed by atoms with Gasteiger partial charge < -0.3 is 14.2 Å². The van der Waals surface area contributed by atoms with E-state index < -0.39 is 14.3 Å². The van der Waals surface area contributed by atoms with Crippen LogP contribution in [0.15, 0.2) is 17.0 Å². The number of benzene rings is 1. The van der Waals surface area contributed by atoms with Gasteiger partial charge in [-0.05, 0) is 23.0 Å². The molecule has 0 saturated heterocycles. The molecule has 0 heterocycles. The lowest BCUT2D eigenvalue weighted by molar-refractivity contribution is 0.422. The van der Waals surface area contributed by atoms with Gasteiger partial charge in [0.15, 0.2) is 0 Å². The highest BCUT2D eigenvalue weighted by Gasteiger charge is 2.51. The summed E-state index contributed by atoms with van der Waals surface area (Å²) in [7, 11) is -5.54. The topological polar surface area (TPSA) is 54.4 Å². The molecule has 0 atom stereocenters. The van der Waals surface area contributed by atoms with Crippen LogP contribution in [-0.2, 0) is 20.0 Å². The maximum absolute atomic E-state index is 14.7. The van der Waals surface area contributed by atoms with Gasteiger partial charge in [-0.25, -0.2) is 0 Å². The Morgan fingerprint density at radius 3 is 1.24 bits per heavy atom. The van der Waals surface area contributed by atoms with Crippen LogP contribution in [0.4, 0.5) is 0 Å². The average molecular weight is 531 g/mol. The number of phenols is 1. The molecule has 3 nitrogen and oxygen atoms in total. The van der Waals surface area contributed by atoms with Crippen molar-refractivity contribution in [1.82, 2.24) is 0 Å². The monoisotopic (exact) mass is 530 g/mol. The highest BCUT2D eigenvalue weighted by atomic mass is 32.2. The SMILES string of the molecule is CC(C)P(=O)(C(C)C)C(CSc1cc(C(C)(C)C)c(O)c(C(C)(C)C)c1)P(=O)(C(C)C)C(C)C. The molecule has 0 aliphatic rings. The summed E-state index contributed by atoms with van der Waals surface area (Å²) >= 11 is 1.67. The summed E-state index contributed by atoms with van der Waals surface area (Å²) in [5.41, 5.74) is 1.36. The lowest BCUT2D eigenvalue weighted by atomic mass is 9.79. The molecule has 0 unspecified atom stereocenters. The molecule has 0 bridgehead atoms. The van der Waals surface area contributed by atoms with Crippen LogP contribution in [0.3, 0.4) is 0 Å². The average Bonchev–Trinajstić information content (AvgIpc) is 2.65. The highest BCUT2D eigenvalue weighted by Crippen LogP contribution is 2.76. The van der Waals surface area contributed by atoms with Gasteiger partial charge in [0.1, 0.15) is 20.0 Å². The van der Waals surface area contributed by atoms with E-state index in [-0.39, 0.29) is 38.9 Å². The van der Waals surface area contributed by atoms with Gasteiger partial charge in [0, 0.05) is 44.4 Å². The molecule has 0 amide bonds. The molecule has 0 aromatic heterocycles. The van der Waals surface area contributed by atoms with Gasteiger partial charge in [0.25, 0.3) is 0 Å². The largest absolute Gasteiger partial charge is 0.507 e. The maximum Gasteiger partial charge on any atom is 0.123 e. The van der Waals surface area contributed by atoms with Gasteiger partial charge in [-0.15, -0.1) is 11.8 Å². The molecule has 6 heteroatoms. The zero-order valence-electron chi connectivity index (χ0n) is 24.3. The van der Waals surface area contributed by atoms with Crippen LogP contribution < -0.4 is 0 Å². The van der Waals surface area contributed by atoms with Gasteiger partial charge in [-0.1, -0.05) is 96.9 Å². The lowest BCUT2D eigenvalue weighted by Gasteiger charge is -2.42. The molecule has 0 fully saturated rings. The van der Waals surface area contributed by atoms with Crippen LogP contribution in [0.1, 0.15) is 108 Å². The fraction of sp³-hybridized carbons (Fsp3) is 0.786. The van der Waals surface area contributed by atoms with E-state index in [0.29, 0.717) is 11.5 Å². The zero-order valence-corrected chi connectivity index (χ0v) is 26.9. The molecule has 0 spiro atoms. The molecule has 1 N–H and O–H groups in total. The van der Waals surface area contributed by atoms with Gasteiger partial charge in [0.05, 0.1) is 5.40 Å². The van der Waals surface area contributed by atoms with Crippen molar-refractivity contribution in [3.05, 3.63) is 23.3 Å². The minimum atomic E-state index is -2.77. The molecule has 1 rings (SSSR count). The van der Waals surface area contributed by atoms with Crippen molar-refractivity contribution in [2.24, 2.45) is 0 Å². The van der Waals surface area contributed by atoms with Crippen molar-refractivity contribution in [3.63, 3.8) is 0 Å². The Hall–Kier alpha value is -0.170. The number of hydrogen-bond donors (Lipinski definition) is 1. The quantitative estimate of drug-likeness (QED) is 0.255. The predicted molar refractivity (Wildman–Crippen MR) is 156 cm³/mol. The summed E-state index contributed by atoms with van der Waals surface area (Å²) in [6.45, 7) is 29.0. The van der Waals surface area contributed by atoms with Crippen molar-refractivity contribution in [2.45, 2.75) is 141 Å². The number of aromatic hydroxyl groups is 1. The van der Waals surface area contributed by atoms with E-state index >= 15 is 0 Å². The van der Waals surface area contributed by atoms with Crippen LogP contribution >= 0.6 is 26.0 Å². The van der Waals surface area contributed by atoms with Crippen LogP contribution in [-0.4, -0.2) is 38.9 Å². The third-order valence-electron chi connectivity index (χ3n) is 7.26. The first kappa shape index (κ1) is 31.9. The van der Waals surface area contributed by atoms with Crippen molar-refractivity contribution in [2.75, 3.05) is 5.75 Å². The van der Waals surface area contributed by atoms with E-state index in [9.17, 15) is 14.2 Å². The van der Waals surface area contributed by atoms with Crippen molar-refractivity contribution in [1.29, 1.82) is 0 Å². The molecule has 1 aromatic carbocycles. The standard InChI is InChI=1S/C28H52O3P2S/c1-18(2)32(30,19(3)4)25(33(31,20(5)6)21(7)8)17-34-22-15-23(27(9,10)11)26(29)24(16-22)28(12,13)14/h15-16,18-21,25,29H,17H2,1-14H3. The van der Waals surface area contributed by atoms with Crippen LogP contribution in [0.5, 0.6) is 5.75 Å². The fourth-order valence-corrected chi connectivity index (χ4v) is 18.7. The summed E-state index contributed by atoms with van der Waals surface area (Å²) in [6.07, 6.45) is 0. The normalized spacial score (nSPS) is 14.3. The second-order valence-corrected chi connectivity index (χ2v) is 23.0. The first-order valence-electron chi connectivity index (χ1n) is 12.8. The van der Waals surface area contributed by atoms with E-state index in [1.165, 1.54) is 0 Å². The Morgan fingerprint density at radius 2 is 1.00 bits per heavy atom. The second-order valence-electron chi connectivity index (χ2n) is 13.1. The first-order chi connectivity index (χ1) is 15.1. The third kappa shape index (κ3) is 6.39. The van der Waals surface area contributed by atoms with Crippen LogP contribution in [0, 0.1) is 0 Å². The first-order valence-corrected chi connectivity index (χ1v) is 17.6. The molecular formula is C28H52O3P2S. The number of thioether (sulfide) groups is 1. The molecule has 0 radical (unpaired) electrons. The van der Waals surface area contributed by atoms with E-state index in [4.69, 9.17) is 0 Å². The summed E-state index contributed by atoms with van der Waals surface area (Å²) in [4.78, 5) is 1.05. The van der Waals surface area contributed by atoms with Crippen molar-refractivity contribution in [3.8, 4) is 5.75 Å². The smallest absolute Gasteiger partial charge is 0.123 e. The summed E-state index contributed by atoms with van der Waals surface area (Å²) in [5, 5.41) is 10.8. The molecule has 1 aromatic rings. The summed E-state index contributed by atoms with van der Waals surface area (Å²) < 4.78 is 29.3. The van der Waals surface area contributed by atoms with Gasteiger partial charge in [-0.3, -0.25) is 0 Å². The van der Waals surface area contributed by atoms with E-state index in [1.807, 2.05) is 55.4 Å². The lowest BCUT2D eigenvalue weighted by Crippen LogP contribution is -2.29. The molecule has 198 valence electrons. The Morgan fingerprint density at radius 1 is 0.706 bits per heavy atom. The van der Waals surface area contributed by atoms with Crippen molar-refractivity contribution < 1.29 is 14.2 Å². The van der Waals surface area contributed by atoms with E-state index in [2.05, 4.69) is 53.7 Å². The summed E-state index contributed by atoms with van der Waals surface area (Å²) in [5.74, 6) is 0.935. The van der Waals surface area contributed by atoms with Crippen LogP contribution in [0.2, 0.25) is 0 Å². The van der Waals surface area contributed by atoms with Gasteiger partial charge >= 0.3 is 0 Å². The Bertz CT molecular complexity index is 841. The molecule has 34 heavy (non-hydrogen) atoms. The number of hydrogen-bond acceptors (Lipinski definition) is 4. The fourth-order valence-electron chi connectivity index (χ4n) is 5.09. The highest BCUT2D eigenvalue weighted by molar-refractivity contribution is 8.00. The van der Waals surface area contributed by atoms with E-state index in [0.717, 1.165) is 16.0 Å². The predicted octanol–water partition coefficient (Wildman–Crippen LogP) is 9.77. The minimum Gasteiger partial charge on any atom is -0.507 e. The van der Waals surface area contributed by atoms with Crippen LogP contribution in [0.25, 0.3) is 0 Å². The maximum atomic E-state index is 14.7. The minimum absolute atomic E-state index is 0.0148. The Balaban J connectivity index is 3.74. The van der Waals surface area contributed by atoms with Gasteiger partial charge in [0.2, 0.25) is 0 Å². The number of rotatable bonds is 9. The molecule has 0 aliphatic carbocycles. The Kier molecular flexibility index (Phi) is 10.4. The van der Waals surface area contributed by atoms with Gasteiger partial charge in [-0.2, -0.15) is 0 Å². The second kappa shape index (κ2) is 11.1. The Labute approximate surface area is 215 Å². The molecule has 0 aliphatic heterocycles. The van der Waals surface area contributed by atoms with E-state index in [1.54, 1.807) is 11.8 Å². The summed E-state index contributed by atoms with van der Waals surface area (Å²) in [6, 6.07) is 4.16. The van der Waals surface area contributed by atoms with Crippen molar-refractivity contribution >= 4 is 26.0 Å². The number of phenolic OH excluding ortho intramolecular Hbond substituents is 1. The third-order valence-corrected chi connectivity index (χ3v) is 19.7. The zero-order chi connectivity index (χ0) is 27.0. The molecular weight excluding hydrogens is 478 g/mol. The molecule has 0 saturated carbocycles.